The molecule has 3 rings (SSSR count). The van der Waals surface area contributed by atoms with E-state index in [0.717, 1.165) is 28.5 Å². The largest absolute Gasteiger partial charge is 0.465 e. The van der Waals surface area contributed by atoms with Gasteiger partial charge in [-0.3, -0.25) is 0 Å². The van der Waals surface area contributed by atoms with Crippen molar-refractivity contribution in [2.75, 3.05) is 13.7 Å². The smallest absolute Gasteiger partial charge is 0.340 e. The van der Waals surface area contributed by atoms with Crippen LogP contribution < -0.4 is 5.32 Å². The molecule has 1 atom stereocenters. The molecule has 1 unspecified atom stereocenters. The summed E-state index contributed by atoms with van der Waals surface area (Å²) in [5.74, 6) is -0.301. The lowest BCUT2D eigenvalue weighted by atomic mass is 10.0. The number of halogens is 1. The molecule has 1 N–H and O–H groups in total. The van der Waals surface area contributed by atoms with Gasteiger partial charge in [-0.05, 0) is 37.6 Å². The number of rotatable bonds is 4. The quantitative estimate of drug-likeness (QED) is 0.650. The van der Waals surface area contributed by atoms with Crippen LogP contribution in [0.5, 0.6) is 0 Å². The van der Waals surface area contributed by atoms with Gasteiger partial charge < -0.3 is 14.6 Å². The first-order valence-corrected chi connectivity index (χ1v) is 8.75. The van der Waals surface area contributed by atoms with Gasteiger partial charge in [-0.15, -0.1) is 0 Å². The summed E-state index contributed by atoms with van der Waals surface area (Å²) < 4.78 is 7.95. The van der Waals surface area contributed by atoms with Crippen molar-refractivity contribution in [1.29, 1.82) is 0 Å². The fraction of sp³-hybridized carbons (Fsp3) is 0.389. The highest BCUT2D eigenvalue weighted by Gasteiger charge is 2.15. The number of esters is 1. The van der Waals surface area contributed by atoms with E-state index in [1.54, 1.807) is 0 Å². The number of methoxy groups -OCH3 is 1. The molecule has 0 spiro atoms. The molecule has 0 amide bonds. The third kappa shape index (κ3) is 3.67. The van der Waals surface area contributed by atoms with Crippen molar-refractivity contribution in [3.05, 3.63) is 46.6 Å². The Kier molecular flexibility index (Phi) is 5.18. The van der Waals surface area contributed by atoms with Crippen molar-refractivity contribution >= 4 is 32.8 Å². The number of nitrogens with zero attached hydrogens (tertiary/aromatic N) is 1. The Balaban J connectivity index is 1.85. The van der Waals surface area contributed by atoms with Gasteiger partial charge in [0, 0.05) is 34.2 Å². The summed E-state index contributed by atoms with van der Waals surface area (Å²) in [7, 11) is 1.41. The van der Waals surface area contributed by atoms with Crippen LogP contribution in [0.3, 0.4) is 0 Å². The molecule has 2 aromatic rings. The van der Waals surface area contributed by atoms with Gasteiger partial charge in [0.05, 0.1) is 12.7 Å². The van der Waals surface area contributed by atoms with Gasteiger partial charge >= 0.3 is 5.97 Å². The molecule has 1 aliphatic rings. The predicted molar refractivity (Wildman–Crippen MR) is 95.8 cm³/mol. The Morgan fingerprint density at radius 2 is 2.35 bits per heavy atom. The summed E-state index contributed by atoms with van der Waals surface area (Å²) >= 11 is 3.47. The molecular formula is C18H21BrN2O2. The molecule has 1 saturated heterocycles. The maximum atomic E-state index is 12.0. The van der Waals surface area contributed by atoms with Gasteiger partial charge in [-0.25, -0.2) is 4.79 Å². The van der Waals surface area contributed by atoms with E-state index in [-0.39, 0.29) is 5.97 Å². The lowest BCUT2D eigenvalue weighted by Crippen LogP contribution is -2.32. The minimum atomic E-state index is -0.301. The molecule has 0 radical (unpaired) electrons. The summed E-state index contributed by atoms with van der Waals surface area (Å²) in [4.78, 5) is 12.0. The van der Waals surface area contributed by atoms with Crippen LogP contribution in [0, 0.1) is 0 Å². The van der Waals surface area contributed by atoms with E-state index in [1.165, 1.54) is 26.4 Å². The number of nitrogens with one attached hydrogen (secondary N) is 1. The lowest BCUT2D eigenvalue weighted by Gasteiger charge is -2.20. The van der Waals surface area contributed by atoms with E-state index in [4.69, 9.17) is 4.74 Å². The van der Waals surface area contributed by atoms with Crippen LogP contribution in [0.1, 0.15) is 29.6 Å². The number of ether oxygens (including phenoxy) is 1. The van der Waals surface area contributed by atoms with E-state index in [1.807, 2.05) is 24.4 Å². The highest BCUT2D eigenvalue weighted by molar-refractivity contribution is 9.10. The average Bonchev–Trinajstić information content (AvgIpc) is 2.93. The lowest BCUT2D eigenvalue weighted by molar-refractivity contribution is 0.0603. The number of benzene rings is 1. The standard InChI is InChI=1S/C18H21BrN2O2/c1-23-18(22)16-12-21(17-8-7-13(19)11-15(16)17)10-4-6-14-5-2-3-9-20-14/h4,6-8,11-12,14,20H,2-3,5,9-10H2,1H3/b6-4+. The molecule has 0 saturated carbocycles. The number of allylic oxidation sites excluding steroid dienone is 1. The summed E-state index contributed by atoms with van der Waals surface area (Å²) in [5.41, 5.74) is 1.64. The van der Waals surface area contributed by atoms with Gasteiger partial charge in [0.15, 0.2) is 0 Å². The number of aromatic nitrogens is 1. The molecule has 5 heteroatoms. The monoisotopic (exact) mass is 376 g/mol. The molecule has 0 aliphatic carbocycles. The Morgan fingerprint density at radius 3 is 3.09 bits per heavy atom. The van der Waals surface area contributed by atoms with Gasteiger partial charge in [-0.1, -0.05) is 34.5 Å². The van der Waals surface area contributed by atoms with Crippen LogP contribution >= 0.6 is 15.9 Å². The van der Waals surface area contributed by atoms with E-state index < -0.39 is 0 Å². The van der Waals surface area contributed by atoms with Crippen LogP contribution in [-0.2, 0) is 11.3 Å². The number of carbonyl (C=O) groups is 1. The first-order chi connectivity index (χ1) is 11.2. The van der Waals surface area contributed by atoms with Crippen molar-refractivity contribution in [3.63, 3.8) is 0 Å². The maximum Gasteiger partial charge on any atom is 0.340 e. The first-order valence-electron chi connectivity index (χ1n) is 7.96. The van der Waals surface area contributed by atoms with Gasteiger partial charge in [-0.2, -0.15) is 0 Å². The number of hydrogen-bond acceptors (Lipinski definition) is 3. The minimum absolute atomic E-state index is 0.301. The number of piperidine rings is 1. The third-order valence-electron chi connectivity index (χ3n) is 4.27. The van der Waals surface area contributed by atoms with Crippen LogP contribution in [0.4, 0.5) is 0 Å². The van der Waals surface area contributed by atoms with Crippen molar-refractivity contribution in [1.82, 2.24) is 9.88 Å². The molecule has 0 bridgehead atoms. The second-order valence-corrected chi connectivity index (χ2v) is 6.75. The summed E-state index contributed by atoms with van der Waals surface area (Å²) in [6.45, 7) is 1.84. The molecule has 1 fully saturated rings. The van der Waals surface area contributed by atoms with Crippen molar-refractivity contribution in [3.8, 4) is 0 Å². The Bertz CT molecular complexity index is 730. The normalized spacial score (nSPS) is 18.6. The molecule has 1 aromatic heterocycles. The summed E-state index contributed by atoms with van der Waals surface area (Å²) in [6, 6.07) is 6.45. The Labute approximate surface area is 144 Å². The summed E-state index contributed by atoms with van der Waals surface area (Å²) in [6.07, 6.45) is 10.0. The zero-order valence-electron chi connectivity index (χ0n) is 13.2. The third-order valence-corrected chi connectivity index (χ3v) is 4.76. The molecule has 1 aliphatic heterocycles. The highest BCUT2D eigenvalue weighted by atomic mass is 79.9. The van der Waals surface area contributed by atoms with Gasteiger partial charge in [0.1, 0.15) is 0 Å². The molecule has 23 heavy (non-hydrogen) atoms. The van der Waals surface area contributed by atoms with Crippen LogP contribution in [0.15, 0.2) is 41.0 Å². The Hall–Kier alpha value is -1.59. The van der Waals surface area contributed by atoms with Crippen molar-refractivity contribution in [2.45, 2.75) is 31.8 Å². The molecule has 4 nitrogen and oxygen atoms in total. The maximum absolute atomic E-state index is 12.0. The van der Waals surface area contributed by atoms with Crippen molar-refractivity contribution in [2.24, 2.45) is 0 Å². The number of hydrogen-bond donors (Lipinski definition) is 1. The van der Waals surface area contributed by atoms with E-state index in [9.17, 15) is 4.79 Å². The first kappa shape index (κ1) is 16.3. The van der Waals surface area contributed by atoms with Crippen LogP contribution in [-0.4, -0.2) is 30.2 Å². The highest BCUT2D eigenvalue weighted by Crippen LogP contribution is 2.26. The predicted octanol–water partition coefficient (Wildman–Crippen LogP) is 3.89. The van der Waals surface area contributed by atoms with Gasteiger partial charge in [0.25, 0.3) is 0 Å². The van der Waals surface area contributed by atoms with Gasteiger partial charge in [0.2, 0.25) is 0 Å². The van der Waals surface area contributed by atoms with E-state index >= 15 is 0 Å². The number of carbonyl (C=O) groups excluding carboxylic acids is 1. The second kappa shape index (κ2) is 7.32. The van der Waals surface area contributed by atoms with E-state index in [0.29, 0.717) is 11.6 Å². The summed E-state index contributed by atoms with van der Waals surface area (Å²) in [5, 5.41) is 4.42. The average molecular weight is 377 g/mol. The van der Waals surface area contributed by atoms with Crippen LogP contribution in [0.2, 0.25) is 0 Å². The number of fused-ring (bicyclic) bond motifs is 1. The fourth-order valence-electron chi connectivity index (χ4n) is 3.07. The minimum Gasteiger partial charge on any atom is -0.465 e. The fourth-order valence-corrected chi connectivity index (χ4v) is 3.44. The topological polar surface area (TPSA) is 43.3 Å². The molecular weight excluding hydrogens is 356 g/mol. The molecule has 2 heterocycles. The SMILES string of the molecule is COC(=O)c1cn(C/C=C/C2CCCCN2)c2ccc(Br)cc12. The molecule has 122 valence electrons. The van der Waals surface area contributed by atoms with Crippen LogP contribution in [0.25, 0.3) is 10.9 Å². The zero-order valence-corrected chi connectivity index (χ0v) is 14.8. The molecule has 1 aromatic carbocycles. The zero-order chi connectivity index (χ0) is 16.2. The van der Waals surface area contributed by atoms with E-state index in [2.05, 4.69) is 38.0 Å². The Morgan fingerprint density at radius 1 is 1.48 bits per heavy atom. The van der Waals surface area contributed by atoms with Crippen molar-refractivity contribution < 1.29 is 9.53 Å². The second-order valence-electron chi connectivity index (χ2n) is 5.83.